The summed E-state index contributed by atoms with van der Waals surface area (Å²) in [6, 6.07) is 4.27. The molecule has 0 spiro atoms. The van der Waals surface area contributed by atoms with E-state index in [0.717, 1.165) is 17.8 Å². The van der Waals surface area contributed by atoms with Gasteiger partial charge in [0.05, 0.1) is 11.2 Å². The first kappa shape index (κ1) is 9.73. The Kier molecular flexibility index (Phi) is 2.33. The van der Waals surface area contributed by atoms with Gasteiger partial charge in [-0.1, -0.05) is 0 Å². The Hall–Kier alpha value is -1.48. The second-order valence-corrected chi connectivity index (χ2v) is 4.44. The Morgan fingerprint density at radius 2 is 2.19 bits per heavy atom. The van der Waals surface area contributed by atoms with Gasteiger partial charge in [-0.3, -0.25) is 14.9 Å². The zero-order valence-electron chi connectivity index (χ0n) is 9.48. The largest absolute Gasteiger partial charge is 0.299 e. The Morgan fingerprint density at radius 3 is 2.94 bits per heavy atom. The molecule has 0 bridgehead atoms. The number of hydrogen-bond donors (Lipinski definition) is 0. The van der Waals surface area contributed by atoms with Gasteiger partial charge in [-0.15, -0.1) is 0 Å². The number of hydrogen-bond acceptors (Lipinski definition) is 3. The van der Waals surface area contributed by atoms with Gasteiger partial charge in [-0.2, -0.15) is 0 Å². The van der Waals surface area contributed by atoms with Gasteiger partial charge in [0, 0.05) is 24.3 Å². The fraction of sp³-hybridized carbons (Fsp3) is 0.385. The van der Waals surface area contributed by atoms with Crippen LogP contribution in [0.2, 0.25) is 0 Å². The van der Waals surface area contributed by atoms with Crippen LogP contribution in [0, 0.1) is 6.92 Å². The van der Waals surface area contributed by atoms with Crippen LogP contribution in [0.4, 0.5) is 0 Å². The summed E-state index contributed by atoms with van der Waals surface area (Å²) in [5, 5.41) is 1.20. The van der Waals surface area contributed by atoms with E-state index in [2.05, 4.69) is 20.9 Å². The zero-order chi connectivity index (χ0) is 11.0. The van der Waals surface area contributed by atoms with E-state index in [1.807, 2.05) is 25.4 Å². The van der Waals surface area contributed by atoms with Crippen LogP contribution in [0.3, 0.4) is 0 Å². The molecule has 0 N–H and O–H groups in total. The lowest BCUT2D eigenvalue weighted by atomic mass is 10.1. The predicted octanol–water partition coefficient (Wildman–Crippen LogP) is 2.14. The number of rotatable bonds is 2. The summed E-state index contributed by atoms with van der Waals surface area (Å²) >= 11 is 0. The Bertz CT molecular complexity index is 518. The molecule has 3 heteroatoms. The number of pyridine rings is 2. The minimum atomic E-state index is 1.01. The van der Waals surface area contributed by atoms with Gasteiger partial charge in [0.15, 0.2) is 0 Å². The van der Waals surface area contributed by atoms with Crippen LogP contribution in [0.5, 0.6) is 0 Å². The van der Waals surface area contributed by atoms with E-state index in [4.69, 9.17) is 0 Å². The molecule has 3 heterocycles. The molecule has 0 atom stereocenters. The summed E-state index contributed by atoms with van der Waals surface area (Å²) in [5.74, 6) is 0. The van der Waals surface area contributed by atoms with Crippen molar-refractivity contribution in [2.24, 2.45) is 0 Å². The number of fused-ring (bicyclic) bond motifs is 1. The highest BCUT2D eigenvalue weighted by Crippen LogP contribution is 2.17. The maximum absolute atomic E-state index is 4.50. The highest BCUT2D eigenvalue weighted by Gasteiger charge is 2.14. The lowest BCUT2D eigenvalue weighted by Gasteiger charge is -2.30. The molecule has 0 aromatic carbocycles. The van der Waals surface area contributed by atoms with Crippen molar-refractivity contribution in [1.29, 1.82) is 0 Å². The summed E-state index contributed by atoms with van der Waals surface area (Å²) in [7, 11) is 0. The molecular formula is C13H15N3. The summed E-state index contributed by atoms with van der Waals surface area (Å²) in [6.07, 6.45) is 5.17. The molecule has 16 heavy (non-hydrogen) atoms. The molecule has 0 aliphatic carbocycles. The summed E-state index contributed by atoms with van der Waals surface area (Å²) in [5.41, 5.74) is 3.33. The van der Waals surface area contributed by atoms with Crippen molar-refractivity contribution in [2.75, 3.05) is 13.1 Å². The normalized spacial score (nSPS) is 16.3. The molecule has 0 saturated carbocycles. The predicted molar refractivity (Wildman–Crippen MR) is 64.2 cm³/mol. The van der Waals surface area contributed by atoms with E-state index in [1.165, 1.54) is 30.5 Å². The summed E-state index contributed by atoms with van der Waals surface area (Å²) in [4.78, 5) is 11.2. The second kappa shape index (κ2) is 3.83. The van der Waals surface area contributed by atoms with Gasteiger partial charge in [-0.05, 0) is 44.1 Å². The third-order valence-electron chi connectivity index (χ3n) is 3.19. The molecule has 1 fully saturated rings. The Labute approximate surface area is 95.1 Å². The van der Waals surface area contributed by atoms with E-state index in [1.54, 1.807) is 0 Å². The smallest absolute Gasteiger partial charge is 0.0914 e. The average Bonchev–Trinajstić information content (AvgIpc) is 2.24. The fourth-order valence-corrected chi connectivity index (χ4v) is 2.13. The molecule has 0 radical (unpaired) electrons. The number of aromatic nitrogens is 2. The summed E-state index contributed by atoms with van der Waals surface area (Å²) in [6.45, 7) is 5.50. The minimum Gasteiger partial charge on any atom is -0.299 e. The highest BCUT2D eigenvalue weighted by molar-refractivity contribution is 5.80. The SMILES string of the molecule is Cc1nccc2cc(CN3CCC3)cnc12. The third kappa shape index (κ3) is 1.67. The highest BCUT2D eigenvalue weighted by atomic mass is 15.2. The van der Waals surface area contributed by atoms with Gasteiger partial charge in [0.2, 0.25) is 0 Å². The van der Waals surface area contributed by atoms with Gasteiger partial charge >= 0.3 is 0 Å². The van der Waals surface area contributed by atoms with Crippen molar-refractivity contribution >= 4 is 10.9 Å². The molecule has 0 unspecified atom stereocenters. The molecular weight excluding hydrogens is 198 g/mol. The maximum atomic E-state index is 4.50. The van der Waals surface area contributed by atoms with Crippen LogP contribution in [-0.2, 0) is 6.54 Å². The molecule has 0 amide bonds. The lowest BCUT2D eigenvalue weighted by molar-refractivity contribution is 0.172. The standard InChI is InChI=1S/C13H15N3/c1-10-13-12(3-4-14-10)7-11(8-15-13)9-16-5-2-6-16/h3-4,7-8H,2,5-6,9H2,1H3. The minimum absolute atomic E-state index is 1.01. The number of aryl methyl sites for hydroxylation is 1. The molecule has 1 aliphatic heterocycles. The van der Waals surface area contributed by atoms with Crippen LogP contribution in [0.15, 0.2) is 24.5 Å². The van der Waals surface area contributed by atoms with Crippen molar-refractivity contribution in [3.8, 4) is 0 Å². The van der Waals surface area contributed by atoms with E-state index < -0.39 is 0 Å². The molecule has 3 rings (SSSR count). The van der Waals surface area contributed by atoms with Gasteiger partial charge in [0.1, 0.15) is 0 Å². The lowest BCUT2D eigenvalue weighted by Crippen LogP contribution is -2.36. The summed E-state index contributed by atoms with van der Waals surface area (Å²) < 4.78 is 0. The molecule has 82 valence electrons. The third-order valence-corrected chi connectivity index (χ3v) is 3.19. The maximum Gasteiger partial charge on any atom is 0.0914 e. The molecule has 2 aromatic rings. The van der Waals surface area contributed by atoms with Gasteiger partial charge in [-0.25, -0.2) is 0 Å². The fourth-order valence-electron chi connectivity index (χ4n) is 2.13. The van der Waals surface area contributed by atoms with Crippen molar-refractivity contribution in [2.45, 2.75) is 19.9 Å². The van der Waals surface area contributed by atoms with E-state index in [-0.39, 0.29) is 0 Å². The van der Waals surface area contributed by atoms with Crippen molar-refractivity contribution in [3.05, 3.63) is 35.8 Å². The quantitative estimate of drug-likeness (QED) is 0.765. The van der Waals surface area contributed by atoms with Crippen molar-refractivity contribution in [3.63, 3.8) is 0 Å². The molecule has 1 saturated heterocycles. The van der Waals surface area contributed by atoms with Crippen LogP contribution < -0.4 is 0 Å². The van der Waals surface area contributed by atoms with E-state index >= 15 is 0 Å². The Morgan fingerprint density at radius 1 is 1.31 bits per heavy atom. The molecule has 1 aliphatic rings. The first-order chi connectivity index (χ1) is 7.83. The average molecular weight is 213 g/mol. The van der Waals surface area contributed by atoms with Crippen molar-refractivity contribution < 1.29 is 0 Å². The van der Waals surface area contributed by atoms with Crippen LogP contribution in [-0.4, -0.2) is 28.0 Å². The topological polar surface area (TPSA) is 29.0 Å². The monoisotopic (exact) mass is 213 g/mol. The second-order valence-electron chi connectivity index (χ2n) is 4.44. The van der Waals surface area contributed by atoms with E-state index in [0.29, 0.717) is 0 Å². The van der Waals surface area contributed by atoms with Crippen LogP contribution >= 0.6 is 0 Å². The van der Waals surface area contributed by atoms with E-state index in [9.17, 15) is 0 Å². The van der Waals surface area contributed by atoms with Gasteiger partial charge < -0.3 is 0 Å². The Balaban J connectivity index is 1.95. The van der Waals surface area contributed by atoms with Crippen LogP contribution in [0.25, 0.3) is 10.9 Å². The molecule has 3 nitrogen and oxygen atoms in total. The zero-order valence-corrected chi connectivity index (χ0v) is 9.48. The first-order valence-electron chi connectivity index (χ1n) is 5.75. The van der Waals surface area contributed by atoms with Gasteiger partial charge in [0.25, 0.3) is 0 Å². The van der Waals surface area contributed by atoms with Crippen LogP contribution in [0.1, 0.15) is 17.7 Å². The first-order valence-corrected chi connectivity index (χ1v) is 5.75. The number of likely N-dealkylation sites (tertiary alicyclic amines) is 1. The molecule has 2 aromatic heterocycles. The number of nitrogens with zero attached hydrogens (tertiary/aromatic N) is 3. The van der Waals surface area contributed by atoms with Crippen molar-refractivity contribution in [1.82, 2.24) is 14.9 Å².